The number of rotatable bonds is 4. The minimum atomic E-state index is -0.0148. The summed E-state index contributed by atoms with van der Waals surface area (Å²) in [5.74, 6) is 1.67. The van der Waals surface area contributed by atoms with E-state index >= 15 is 0 Å². The second kappa shape index (κ2) is 6.14. The van der Waals surface area contributed by atoms with Crippen molar-refractivity contribution >= 4 is 17.4 Å². The van der Waals surface area contributed by atoms with Crippen molar-refractivity contribution in [2.45, 2.75) is 18.4 Å². The maximum Gasteiger partial charge on any atom is 0.258 e. The molecule has 0 saturated carbocycles. The molecule has 0 bridgehead atoms. The predicted molar refractivity (Wildman–Crippen MR) is 87.6 cm³/mol. The van der Waals surface area contributed by atoms with Crippen LogP contribution in [-0.4, -0.2) is 9.38 Å². The molecule has 0 unspecified atom stereocenters. The molecule has 0 aliphatic heterocycles. The third-order valence-corrected chi connectivity index (χ3v) is 4.34. The molecule has 2 heterocycles. The van der Waals surface area contributed by atoms with Crippen LogP contribution >= 0.6 is 11.8 Å². The molecule has 0 saturated heterocycles. The van der Waals surface area contributed by atoms with E-state index in [-0.39, 0.29) is 5.56 Å². The lowest BCUT2D eigenvalue weighted by Gasteiger charge is -2.06. The Morgan fingerprint density at radius 2 is 1.90 bits per heavy atom. The molecule has 1 aromatic carbocycles. The van der Waals surface area contributed by atoms with Gasteiger partial charge < -0.3 is 0 Å². The minimum Gasteiger partial charge on any atom is -0.269 e. The summed E-state index contributed by atoms with van der Waals surface area (Å²) in [4.78, 5) is 16.7. The van der Waals surface area contributed by atoms with Crippen LogP contribution in [0.1, 0.15) is 16.8 Å². The Morgan fingerprint density at radius 1 is 1.10 bits per heavy atom. The fourth-order valence-corrected chi connectivity index (χ4v) is 3.12. The molecule has 21 heavy (non-hydrogen) atoms. The Balaban J connectivity index is 1.79. The summed E-state index contributed by atoms with van der Waals surface area (Å²) in [5.41, 5.74) is 3.88. The molecule has 0 atom stereocenters. The van der Waals surface area contributed by atoms with Gasteiger partial charge in [-0.1, -0.05) is 36.4 Å². The van der Waals surface area contributed by atoms with Crippen LogP contribution in [0, 0.1) is 6.92 Å². The summed E-state index contributed by atoms with van der Waals surface area (Å²) in [6, 6.07) is 15.8. The van der Waals surface area contributed by atoms with Crippen LogP contribution in [0.3, 0.4) is 0 Å². The van der Waals surface area contributed by atoms with E-state index < -0.39 is 0 Å². The first-order valence-electron chi connectivity index (χ1n) is 6.83. The molecular weight excluding hydrogens is 280 g/mol. The van der Waals surface area contributed by atoms with Crippen molar-refractivity contribution in [2.24, 2.45) is 0 Å². The number of hydrogen-bond acceptors (Lipinski definition) is 3. The van der Waals surface area contributed by atoms with Crippen molar-refractivity contribution in [2.75, 3.05) is 0 Å². The van der Waals surface area contributed by atoms with Gasteiger partial charge in [-0.25, -0.2) is 4.98 Å². The largest absolute Gasteiger partial charge is 0.269 e. The molecule has 0 radical (unpaired) electrons. The molecular formula is C17H16N2OS. The number of fused-ring (bicyclic) bond motifs is 1. The van der Waals surface area contributed by atoms with E-state index in [2.05, 4.69) is 17.1 Å². The first-order chi connectivity index (χ1) is 10.2. The standard InChI is InChI=1S/C17H16N2OS/c1-13-6-5-9-19-16(20)10-15(18-17(13)19)12-21-11-14-7-3-2-4-8-14/h2-10H,11-12H2,1H3. The summed E-state index contributed by atoms with van der Waals surface area (Å²) in [6.45, 7) is 1.97. The van der Waals surface area contributed by atoms with Crippen LogP contribution in [0.5, 0.6) is 0 Å². The van der Waals surface area contributed by atoms with Gasteiger partial charge in [0, 0.05) is 23.8 Å². The third-order valence-electron chi connectivity index (χ3n) is 3.30. The van der Waals surface area contributed by atoms with Crippen molar-refractivity contribution in [1.82, 2.24) is 9.38 Å². The number of hydrogen-bond donors (Lipinski definition) is 0. The average molecular weight is 296 g/mol. The summed E-state index contributed by atoms with van der Waals surface area (Å²) in [5, 5.41) is 0. The van der Waals surface area contributed by atoms with Gasteiger partial charge in [0.1, 0.15) is 5.65 Å². The SMILES string of the molecule is Cc1cccn2c(=O)cc(CSCc3ccccc3)nc12. The Labute approximate surface area is 127 Å². The van der Waals surface area contributed by atoms with E-state index in [9.17, 15) is 4.79 Å². The van der Waals surface area contributed by atoms with E-state index in [1.54, 1.807) is 28.4 Å². The average Bonchev–Trinajstić information content (AvgIpc) is 2.50. The van der Waals surface area contributed by atoms with Gasteiger partial charge in [-0.3, -0.25) is 9.20 Å². The molecule has 0 fully saturated rings. The monoisotopic (exact) mass is 296 g/mol. The van der Waals surface area contributed by atoms with Crippen LogP contribution in [0.25, 0.3) is 5.65 Å². The van der Waals surface area contributed by atoms with Crippen LogP contribution in [0.2, 0.25) is 0 Å². The van der Waals surface area contributed by atoms with Gasteiger partial charge in [0.15, 0.2) is 0 Å². The molecule has 0 spiro atoms. The summed E-state index contributed by atoms with van der Waals surface area (Å²) in [6.07, 6.45) is 1.76. The fraction of sp³-hybridized carbons (Fsp3) is 0.176. The summed E-state index contributed by atoms with van der Waals surface area (Å²) in [7, 11) is 0. The number of thioether (sulfide) groups is 1. The highest BCUT2D eigenvalue weighted by Crippen LogP contribution is 2.16. The lowest BCUT2D eigenvalue weighted by molar-refractivity contribution is 1.00. The summed E-state index contributed by atoms with van der Waals surface area (Å²) >= 11 is 1.77. The number of pyridine rings is 1. The van der Waals surface area contributed by atoms with Gasteiger partial charge in [0.2, 0.25) is 0 Å². The third kappa shape index (κ3) is 3.16. The second-order valence-corrected chi connectivity index (χ2v) is 5.93. The van der Waals surface area contributed by atoms with Crippen molar-refractivity contribution in [3.8, 4) is 0 Å². The fourth-order valence-electron chi connectivity index (χ4n) is 2.23. The van der Waals surface area contributed by atoms with Gasteiger partial charge in [0.05, 0.1) is 5.69 Å². The van der Waals surface area contributed by atoms with E-state index in [0.717, 1.165) is 28.4 Å². The lowest BCUT2D eigenvalue weighted by Crippen LogP contribution is -2.15. The molecule has 3 aromatic rings. The van der Waals surface area contributed by atoms with E-state index in [0.29, 0.717) is 0 Å². The highest BCUT2D eigenvalue weighted by atomic mass is 32.2. The smallest absolute Gasteiger partial charge is 0.258 e. The van der Waals surface area contributed by atoms with E-state index in [1.807, 2.05) is 37.3 Å². The zero-order valence-corrected chi connectivity index (χ0v) is 12.6. The molecule has 3 rings (SSSR count). The molecule has 106 valence electrons. The van der Waals surface area contributed by atoms with Crippen LogP contribution in [0.15, 0.2) is 59.5 Å². The molecule has 3 nitrogen and oxygen atoms in total. The topological polar surface area (TPSA) is 34.4 Å². The second-order valence-electron chi connectivity index (χ2n) is 4.95. The van der Waals surface area contributed by atoms with Crippen molar-refractivity contribution in [3.63, 3.8) is 0 Å². The van der Waals surface area contributed by atoms with Crippen molar-refractivity contribution < 1.29 is 0 Å². The molecule has 2 aromatic heterocycles. The lowest BCUT2D eigenvalue weighted by atomic mass is 10.2. The first-order valence-corrected chi connectivity index (χ1v) is 7.99. The molecule has 0 aliphatic carbocycles. The minimum absolute atomic E-state index is 0.0148. The van der Waals surface area contributed by atoms with E-state index in [4.69, 9.17) is 0 Å². The Bertz CT molecular complexity index is 812. The van der Waals surface area contributed by atoms with Gasteiger partial charge in [0.25, 0.3) is 5.56 Å². The number of nitrogens with zero attached hydrogens (tertiary/aromatic N) is 2. The maximum atomic E-state index is 12.1. The van der Waals surface area contributed by atoms with Crippen LogP contribution in [-0.2, 0) is 11.5 Å². The maximum absolute atomic E-state index is 12.1. The zero-order chi connectivity index (χ0) is 14.7. The van der Waals surface area contributed by atoms with Crippen LogP contribution < -0.4 is 5.56 Å². The number of aromatic nitrogens is 2. The Morgan fingerprint density at radius 3 is 2.71 bits per heavy atom. The normalized spacial score (nSPS) is 10.9. The highest BCUT2D eigenvalue weighted by molar-refractivity contribution is 7.97. The number of aryl methyl sites for hydroxylation is 1. The van der Waals surface area contributed by atoms with Crippen LogP contribution in [0.4, 0.5) is 0 Å². The van der Waals surface area contributed by atoms with Gasteiger partial charge in [-0.05, 0) is 24.1 Å². The van der Waals surface area contributed by atoms with Gasteiger partial charge >= 0.3 is 0 Å². The van der Waals surface area contributed by atoms with E-state index in [1.165, 1.54) is 5.56 Å². The predicted octanol–water partition coefficient (Wildman–Crippen LogP) is 3.44. The van der Waals surface area contributed by atoms with Gasteiger partial charge in [-0.2, -0.15) is 11.8 Å². The quantitative estimate of drug-likeness (QED) is 0.739. The zero-order valence-electron chi connectivity index (χ0n) is 11.8. The first kappa shape index (κ1) is 13.9. The molecule has 0 aliphatic rings. The Hall–Kier alpha value is -2.07. The highest BCUT2D eigenvalue weighted by Gasteiger charge is 2.04. The Kier molecular flexibility index (Phi) is 4.06. The van der Waals surface area contributed by atoms with Gasteiger partial charge in [-0.15, -0.1) is 0 Å². The van der Waals surface area contributed by atoms with Crippen molar-refractivity contribution in [3.05, 3.63) is 81.9 Å². The molecule has 0 N–H and O–H groups in total. The molecule has 0 amide bonds. The molecule has 4 heteroatoms. The number of benzene rings is 1. The van der Waals surface area contributed by atoms with Crippen molar-refractivity contribution in [1.29, 1.82) is 0 Å². The summed E-state index contributed by atoms with van der Waals surface area (Å²) < 4.78 is 1.60.